The summed E-state index contributed by atoms with van der Waals surface area (Å²) in [4.78, 5) is 16.1. The second kappa shape index (κ2) is 5.79. The van der Waals surface area contributed by atoms with E-state index in [-0.39, 0.29) is 12.1 Å². The van der Waals surface area contributed by atoms with E-state index in [0.29, 0.717) is 33.1 Å². The van der Waals surface area contributed by atoms with Crippen molar-refractivity contribution in [3.8, 4) is 11.4 Å². The van der Waals surface area contributed by atoms with E-state index in [4.69, 9.17) is 17.3 Å². The molecule has 6 nitrogen and oxygen atoms in total. The predicted molar refractivity (Wildman–Crippen MR) is 95.9 cm³/mol. The molecule has 0 unspecified atom stereocenters. The summed E-state index contributed by atoms with van der Waals surface area (Å²) in [6, 6.07) is 1.36. The maximum absolute atomic E-state index is 13.6. The molecular weight excluding hydrogens is 343 g/mol. The van der Waals surface area contributed by atoms with E-state index in [2.05, 4.69) is 19.9 Å². The molecule has 0 saturated heterocycles. The van der Waals surface area contributed by atoms with Crippen LogP contribution in [0.3, 0.4) is 0 Å². The Bertz CT molecular complexity index is 1080. The Balaban J connectivity index is 1.93. The monoisotopic (exact) mass is 358 g/mol. The Morgan fingerprint density at radius 1 is 1.24 bits per heavy atom. The van der Waals surface area contributed by atoms with Gasteiger partial charge in [-0.2, -0.15) is 0 Å². The van der Waals surface area contributed by atoms with Crippen LogP contribution < -0.4 is 5.73 Å². The molecule has 2 atom stereocenters. The van der Waals surface area contributed by atoms with E-state index in [1.54, 1.807) is 12.4 Å². The van der Waals surface area contributed by atoms with Gasteiger partial charge in [-0.05, 0) is 19.9 Å². The molecule has 128 valence electrons. The maximum atomic E-state index is 13.6. The summed E-state index contributed by atoms with van der Waals surface area (Å²) in [5, 5.41) is 1.95. The molecule has 0 aliphatic heterocycles. The average Bonchev–Trinajstić information content (AvgIpc) is 3.14. The Hall–Kier alpha value is -2.51. The third-order valence-corrected chi connectivity index (χ3v) is 4.76. The van der Waals surface area contributed by atoms with Gasteiger partial charge in [0.15, 0.2) is 5.82 Å². The van der Waals surface area contributed by atoms with Crippen molar-refractivity contribution in [3.05, 3.63) is 41.7 Å². The highest BCUT2D eigenvalue weighted by atomic mass is 35.5. The van der Waals surface area contributed by atoms with Gasteiger partial charge in [0.2, 0.25) is 0 Å². The van der Waals surface area contributed by atoms with Gasteiger partial charge in [-0.1, -0.05) is 11.6 Å². The van der Waals surface area contributed by atoms with Gasteiger partial charge in [0.25, 0.3) is 0 Å². The largest absolute Gasteiger partial charge is 0.345 e. The zero-order valence-corrected chi connectivity index (χ0v) is 14.4. The molecule has 0 aliphatic rings. The summed E-state index contributed by atoms with van der Waals surface area (Å²) in [5.41, 5.74) is 7.99. The van der Waals surface area contributed by atoms with Crippen LogP contribution >= 0.6 is 11.6 Å². The molecule has 4 aromatic rings. The number of nitrogens with two attached hydrogens (primary N) is 1. The van der Waals surface area contributed by atoms with Gasteiger partial charge in [0.1, 0.15) is 17.1 Å². The van der Waals surface area contributed by atoms with Gasteiger partial charge in [-0.25, -0.2) is 19.3 Å². The molecule has 0 radical (unpaired) electrons. The number of aromatic amines is 1. The van der Waals surface area contributed by atoms with Gasteiger partial charge >= 0.3 is 0 Å². The molecule has 4 rings (SSSR count). The molecule has 0 saturated carbocycles. The summed E-state index contributed by atoms with van der Waals surface area (Å²) in [6.07, 6.45) is 6.38. The number of nitrogens with zero attached hydrogens (tertiary/aromatic N) is 4. The number of H-pyrrole nitrogens is 1. The van der Waals surface area contributed by atoms with Gasteiger partial charge in [0, 0.05) is 41.6 Å². The molecule has 3 N–H and O–H groups in total. The molecule has 0 amide bonds. The summed E-state index contributed by atoms with van der Waals surface area (Å²) in [6.45, 7) is 3.94. The van der Waals surface area contributed by atoms with Crippen molar-refractivity contribution in [2.45, 2.75) is 25.9 Å². The van der Waals surface area contributed by atoms with E-state index >= 15 is 0 Å². The van der Waals surface area contributed by atoms with Crippen LogP contribution in [0.4, 0.5) is 4.39 Å². The third kappa shape index (κ3) is 2.56. The van der Waals surface area contributed by atoms with E-state index in [9.17, 15) is 4.39 Å². The van der Waals surface area contributed by atoms with E-state index in [1.807, 2.05) is 24.6 Å². The van der Waals surface area contributed by atoms with Gasteiger partial charge in [0.05, 0.1) is 16.6 Å². The lowest BCUT2D eigenvalue weighted by Gasteiger charge is -2.18. The maximum Gasteiger partial charge on any atom is 0.163 e. The number of hydrogen-bond donors (Lipinski definition) is 2. The fraction of sp³-hybridized carbons (Fsp3) is 0.235. The first kappa shape index (κ1) is 16.0. The Morgan fingerprint density at radius 2 is 2.04 bits per heavy atom. The summed E-state index contributed by atoms with van der Waals surface area (Å²) in [7, 11) is 0. The van der Waals surface area contributed by atoms with Crippen LogP contribution in [-0.2, 0) is 0 Å². The normalized spacial score (nSPS) is 14.3. The van der Waals surface area contributed by atoms with E-state index < -0.39 is 5.82 Å². The third-order valence-electron chi connectivity index (χ3n) is 4.46. The van der Waals surface area contributed by atoms with Crippen molar-refractivity contribution in [1.82, 2.24) is 24.5 Å². The minimum absolute atomic E-state index is 0.0137. The highest BCUT2D eigenvalue weighted by Crippen LogP contribution is 2.31. The summed E-state index contributed by atoms with van der Waals surface area (Å²) < 4.78 is 15.5. The lowest BCUT2D eigenvalue weighted by molar-refractivity contribution is 0.476. The summed E-state index contributed by atoms with van der Waals surface area (Å²) >= 11 is 6.31. The standard InChI is InChI=1S/C17H16ClFN6/c1-8(20)9(2)25-7-14(18)13-6-23-16(24-17(13)25)12-5-22-15-11(12)3-10(19)4-21-15/h3-9H,20H2,1-2H3,(H,21,22)/t8-,9-/m0/s1. The molecule has 0 spiro atoms. The first-order valence-corrected chi connectivity index (χ1v) is 8.25. The minimum atomic E-state index is -0.411. The minimum Gasteiger partial charge on any atom is -0.345 e. The highest BCUT2D eigenvalue weighted by molar-refractivity contribution is 6.35. The van der Waals surface area contributed by atoms with Gasteiger partial charge in [-0.3, -0.25) is 0 Å². The van der Waals surface area contributed by atoms with Crippen molar-refractivity contribution >= 4 is 33.7 Å². The molecular formula is C17H16ClFN6. The molecule has 0 aliphatic carbocycles. The van der Waals surface area contributed by atoms with Crippen LogP contribution in [0.25, 0.3) is 33.5 Å². The number of nitrogens with one attached hydrogen (secondary N) is 1. The SMILES string of the molecule is C[C@H](N)[C@H](C)n1cc(Cl)c2cnc(-c3c[nH]c4ncc(F)cc34)nc21. The molecule has 0 bridgehead atoms. The smallest absolute Gasteiger partial charge is 0.163 e. The fourth-order valence-corrected chi connectivity index (χ4v) is 3.09. The number of hydrogen-bond acceptors (Lipinski definition) is 4. The van der Waals surface area contributed by atoms with Crippen molar-refractivity contribution in [1.29, 1.82) is 0 Å². The number of pyridine rings is 1. The lowest BCUT2D eigenvalue weighted by Crippen LogP contribution is -2.26. The zero-order valence-electron chi connectivity index (χ0n) is 13.7. The van der Waals surface area contributed by atoms with Crippen molar-refractivity contribution in [2.24, 2.45) is 5.73 Å². The van der Waals surface area contributed by atoms with E-state index in [0.717, 1.165) is 5.39 Å². The number of halogens is 2. The summed E-state index contributed by atoms with van der Waals surface area (Å²) in [5.74, 6) is 0.0606. The molecule has 4 heterocycles. The average molecular weight is 359 g/mol. The predicted octanol–water partition coefficient (Wildman–Crippen LogP) is 3.68. The van der Waals surface area contributed by atoms with Crippen LogP contribution in [0.15, 0.2) is 30.9 Å². The first-order chi connectivity index (χ1) is 12.0. The molecule has 8 heteroatoms. The quantitative estimate of drug-likeness (QED) is 0.585. The lowest BCUT2D eigenvalue weighted by atomic mass is 10.2. The van der Waals surface area contributed by atoms with Crippen LogP contribution in [0.1, 0.15) is 19.9 Å². The van der Waals surface area contributed by atoms with Crippen molar-refractivity contribution in [3.63, 3.8) is 0 Å². The van der Waals surface area contributed by atoms with E-state index in [1.165, 1.54) is 12.3 Å². The molecule has 0 fully saturated rings. The Kier molecular flexibility index (Phi) is 3.70. The second-order valence-electron chi connectivity index (χ2n) is 6.17. The van der Waals surface area contributed by atoms with Crippen LogP contribution in [-0.4, -0.2) is 30.5 Å². The first-order valence-electron chi connectivity index (χ1n) is 7.87. The van der Waals surface area contributed by atoms with Crippen LogP contribution in [0.2, 0.25) is 5.02 Å². The molecule has 4 aromatic heterocycles. The number of aromatic nitrogens is 5. The van der Waals surface area contributed by atoms with Crippen molar-refractivity contribution < 1.29 is 4.39 Å². The van der Waals surface area contributed by atoms with Crippen LogP contribution in [0.5, 0.6) is 0 Å². The molecule has 25 heavy (non-hydrogen) atoms. The number of fused-ring (bicyclic) bond motifs is 2. The zero-order chi connectivity index (χ0) is 17.7. The molecule has 0 aromatic carbocycles. The Labute approximate surface area is 147 Å². The van der Waals surface area contributed by atoms with Gasteiger partial charge < -0.3 is 15.3 Å². The number of rotatable bonds is 3. The second-order valence-corrected chi connectivity index (χ2v) is 6.57. The van der Waals surface area contributed by atoms with Crippen molar-refractivity contribution in [2.75, 3.05) is 0 Å². The topological polar surface area (TPSA) is 85.4 Å². The van der Waals surface area contributed by atoms with Gasteiger partial charge in [-0.15, -0.1) is 0 Å². The fourth-order valence-electron chi connectivity index (χ4n) is 2.85. The van der Waals surface area contributed by atoms with Crippen LogP contribution in [0, 0.1) is 5.82 Å². The highest BCUT2D eigenvalue weighted by Gasteiger charge is 2.18. The Morgan fingerprint density at radius 3 is 2.80 bits per heavy atom.